The van der Waals surface area contributed by atoms with Gasteiger partial charge in [0.2, 0.25) is 0 Å². The second kappa shape index (κ2) is 5.98. The highest BCUT2D eigenvalue weighted by atomic mass is 16.1. The molecule has 3 heteroatoms. The third-order valence-electron chi connectivity index (χ3n) is 3.95. The van der Waals surface area contributed by atoms with E-state index in [1.165, 1.54) is 12.8 Å². The van der Waals surface area contributed by atoms with Gasteiger partial charge >= 0.3 is 0 Å². The molecule has 1 heterocycles. The zero-order valence-electron chi connectivity index (χ0n) is 11.2. The van der Waals surface area contributed by atoms with Crippen LogP contribution >= 0.6 is 0 Å². The molecule has 0 radical (unpaired) electrons. The van der Waals surface area contributed by atoms with Gasteiger partial charge in [-0.15, -0.1) is 0 Å². The van der Waals surface area contributed by atoms with E-state index in [2.05, 4.69) is 24.1 Å². The van der Waals surface area contributed by atoms with E-state index in [1.807, 2.05) is 12.1 Å². The summed E-state index contributed by atoms with van der Waals surface area (Å²) in [4.78, 5) is 16.0. The van der Waals surface area contributed by atoms with Gasteiger partial charge in [-0.1, -0.05) is 19.9 Å². The number of carbonyl (C=O) groups excluding carboxylic acids is 1. The van der Waals surface area contributed by atoms with Crippen molar-refractivity contribution in [2.75, 3.05) is 0 Å². The zero-order chi connectivity index (χ0) is 13.0. The van der Waals surface area contributed by atoms with E-state index >= 15 is 0 Å². The summed E-state index contributed by atoms with van der Waals surface area (Å²) in [7, 11) is 0. The first-order valence-corrected chi connectivity index (χ1v) is 6.88. The minimum absolute atomic E-state index is 0.0383. The lowest BCUT2D eigenvalue weighted by Crippen LogP contribution is -2.38. The van der Waals surface area contributed by atoms with E-state index in [0.717, 1.165) is 24.7 Å². The number of nitrogens with zero attached hydrogens (tertiary/aromatic N) is 1. The molecular weight excluding hydrogens is 224 g/mol. The maximum atomic E-state index is 12.0. The van der Waals surface area contributed by atoms with E-state index in [0.29, 0.717) is 11.7 Å². The van der Waals surface area contributed by atoms with E-state index in [1.54, 1.807) is 12.3 Å². The number of pyridine rings is 1. The highest BCUT2D eigenvalue weighted by Gasteiger charge is 2.24. The van der Waals surface area contributed by atoms with E-state index in [9.17, 15) is 4.79 Å². The average Bonchev–Trinajstić information content (AvgIpc) is 2.40. The van der Waals surface area contributed by atoms with Crippen LogP contribution in [0.3, 0.4) is 0 Å². The fraction of sp³-hybridized carbons (Fsp3) is 0.600. The van der Waals surface area contributed by atoms with Gasteiger partial charge in [0, 0.05) is 12.2 Å². The quantitative estimate of drug-likeness (QED) is 0.890. The minimum atomic E-state index is -0.0383. The molecule has 0 atom stereocenters. The molecule has 1 fully saturated rings. The molecule has 0 aliphatic heterocycles. The molecule has 0 bridgehead atoms. The Balaban J connectivity index is 1.83. The van der Waals surface area contributed by atoms with Crippen LogP contribution in [0, 0.1) is 11.8 Å². The van der Waals surface area contributed by atoms with Gasteiger partial charge in [-0.2, -0.15) is 0 Å². The van der Waals surface area contributed by atoms with Crippen molar-refractivity contribution in [2.24, 2.45) is 11.8 Å². The lowest BCUT2D eigenvalue weighted by atomic mass is 9.80. The number of hydrogen-bond acceptors (Lipinski definition) is 2. The first kappa shape index (κ1) is 13.1. The first-order chi connectivity index (χ1) is 8.66. The second-order valence-electron chi connectivity index (χ2n) is 5.54. The molecule has 1 aliphatic carbocycles. The molecule has 1 saturated carbocycles. The average molecular weight is 246 g/mol. The van der Waals surface area contributed by atoms with Gasteiger partial charge in [-0.3, -0.25) is 9.78 Å². The topological polar surface area (TPSA) is 42.0 Å². The van der Waals surface area contributed by atoms with Crippen LogP contribution in [-0.2, 0) is 0 Å². The number of amides is 1. The molecule has 1 amide bonds. The Morgan fingerprint density at radius 2 is 2.00 bits per heavy atom. The van der Waals surface area contributed by atoms with Gasteiger partial charge in [0.1, 0.15) is 5.69 Å². The predicted molar refractivity (Wildman–Crippen MR) is 72.3 cm³/mol. The molecule has 0 spiro atoms. The van der Waals surface area contributed by atoms with Crippen molar-refractivity contribution in [1.82, 2.24) is 10.3 Å². The molecule has 1 aromatic heterocycles. The highest BCUT2D eigenvalue weighted by Crippen LogP contribution is 2.29. The zero-order valence-corrected chi connectivity index (χ0v) is 11.2. The molecule has 98 valence electrons. The Labute approximate surface area is 109 Å². The number of rotatable bonds is 3. The van der Waals surface area contributed by atoms with Crippen LogP contribution in [0.4, 0.5) is 0 Å². The third kappa shape index (κ3) is 3.31. The van der Waals surface area contributed by atoms with Gasteiger partial charge < -0.3 is 5.32 Å². The van der Waals surface area contributed by atoms with Gasteiger partial charge in [0.25, 0.3) is 5.91 Å². The summed E-state index contributed by atoms with van der Waals surface area (Å²) in [5, 5.41) is 3.09. The Morgan fingerprint density at radius 1 is 1.28 bits per heavy atom. The third-order valence-corrected chi connectivity index (χ3v) is 3.95. The standard InChI is InChI=1S/C15H22N2O/c1-11(2)12-6-8-13(9-7-12)17-15(18)14-5-3-4-10-16-14/h3-5,10-13H,6-9H2,1-2H3,(H,17,18). The summed E-state index contributed by atoms with van der Waals surface area (Å²) in [6.45, 7) is 4.58. The van der Waals surface area contributed by atoms with Crippen LogP contribution in [0.2, 0.25) is 0 Å². The summed E-state index contributed by atoms with van der Waals surface area (Å²) >= 11 is 0. The van der Waals surface area contributed by atoms with Crippen LogP contribution in [0.5, 0.6) is 0 Å². The number of hydrogen-bond donors (Lipinski definition) is 1. The van der Waals surface area contributed by atoms with Crippen molar-refractivity contribution in [3.05, 3.63) is 30.1 Å². The number of carbonyl (C=O) groups is 1. The highest BCUT2D eigenvalue weighted by molar-refractivity contribution is 5.92. The van der Waals surface area contributed by atoms with Crippen LogP contribution in [0.1, 0.15) is 50.0 Å². The predicted octanol–water partition coefficient (Wildman–Crippen LogP) is 3.03. The molecule has 18 heavy (non-hydrogen) atoms. The summed E-state index contributed by atoms with van der Waals surface area (Å²) in [6.07, 6.45) is 6.31. The van der Waals surface area contributed by atoms with Crippen LogP contribution < -0.4 is 5.32 Å². The van der Waals surface area contributed by atoms with Gasteiger partial charge in [-0.05, 0) is 49.7 Å². The maximum absolute atomic E-state index is 12.0. The Morgan fingerprint density at radius 3 is 2.56 bits per heavy atom. The molecule has 2 rings (SSSR count). The second-order valence-corrected chi connectivity index (χ2v) is 5.54. The normalized spacial score (nSPS) is 23.9. The van der Waals surface area contributed by atoms with Gasteiger partial charge in [0.05, 0.1) is 0 Å². The van der Waals surface area contributed by atoms with Gasteiger partial charge in [0.15, 0.2) is 0 Å². The van der Waals surface area contributed by atoms with E-state index in [4.69, 9.17) is 0 Å². The van der Waals surface area contributed by atoms with Crippen LogP contribution in [-0.4, -0.2) is 16.9 Å². The Hall–Kier alpha value is -1.38. The smallest absolute Gasteiger partial charge is 0.270 e. The number of aromatic nitrogens is 1. The van der Waals surface area contributed by atoms with Crippen LogP contribution in [0.25, 0.3) is 0 Å². The minimum Gasteiger partial charge on any atom is -0.348 e. The molecule has 0 unspecified atom stereocenters. The monoisotopic (exact) mass is 246 g/mol. The lowest BCUT2D eigenvalue weighted by Gasteiger charge is -2.31. The van der Waals surface area contributed by atoms with Crippen LogP contribution in [0.15, 0.2) is 24.4 Å². The van der Waals surface area contributed by atoms with Crippen molar-refractivity contribution in [2.45, 2.75) is 45.6 Å². The molecule has 1 aromatic rings. The lowest BCUT2D eigenvalue weighted by molar-refractivity contribution is 0.0913. The molecule has 0 saturated heterocycles. The summed E-state index contributed by atoms with van der Waals surface area (Å²) in [5.41, 5.74) is 0.517. The first-order valence-electron chi connectivity index (χ1n) is 6.88. The molecule has 0 aromatic carbocycles. The van der Waals surface area contributed by atoms with Crippen molar-refractivity contribution < 1.29 is 4.79 Å². The summed E-state index contributed by atoms with van der Waals surface area (Å²) in [6, 6.07) is 5.76. The maximum Gasteiger partial charge on any atom is 0.270 e. The SMILES string of the molecule is CC(C)C1CCC(NC(=O)c2ccccn2)CC1. The Kier molecular flexibility index (Phi) is 4.34. The Bertz CT molecular complexity index is 381. The summed E-state index contributed by atoms with van der Waals surface area (Å²) < 4.78 is 0. The number of nitrogens with one attached hydrogen (secondary N) is 1. The molecule has 1 aliphatic rings. The van der Waals surface area contributed by atoms with Crippen molar-refractivity contribution in [3.63, 3.8) is 0 Å². The van der Waals surface area contributed by atoms with E-state index < -0.39 is 0 Å². The van der Waals surface area contributed by atoms with Crippen molar-refractivity contribution in [3.8, 4) is 0 Å². The summed E-state index contributed by atoms with van der Waals surface area (Å²) in [5.74, 6) is 1.55. The molecular formula is C15H22N2O. The fourth-order valence-corrected chi connectivity index (χ4v) is 2.69. The largest absolute Gasteiger partial charge is 0.348 e. The van der Waals surface area contributed by atoms with Crippen molar-refractivity contribution >= 4 is 5.91 Å². The van der Waals surface area contributed by atoms with E-state index in [-0.39, 0.29) is 5.91 Å². The molecule has 3 nitrogen and oxygen atoms in total. The molecule has 1 N–H and O–H groups in total. The van der Waals surface area contributed by atoms with Crippen molar-refractivity contribution in [1.29, 1.82) is 0 Å². The fourth-order valence-electron chi connectivity index (χ4n) is 2.69. The van der Waals surface area contributed by atoms with Gasteiger partial charge in [-0.25, -0.2) is 0 Å².